The first-order valence-corrected chi connectivity index (χ1v) is 5.15. The Kier molecular flexibility index (Phi) is 7.44. The minimum atomic E-state index is -1.12. The van der Waals surface area contributed by atoms with Gasteiger partial charge in [-0.15, -0.1) is 0 Å². The highest BCUT2D eigenvalue weighted by atomic mass is 16.4. The summed E-state index contributed by atoms with van der Waals surface area (Å²) in [7, 11) is 0. The molecule has 0 aromatic rings. The number of nitrogens with zero attached hydrogens (tertiary/aromatic N) is 1. The molecule has 0 heterocycles. The van der Waals surface area contributed by atoms with Crippen LogP contribution in [-0.4, -0.2) is 47.2 Å². The predicted octanol–water partition coefficient (Wildman–Crippen LogP) is -2.01. The van der Waals surface area contributed by atoms with Crippen LogP contribution < -0.4 is 16.8 Å². The first kappa shape index (κ1) is 15.2. The number of guanidine groups is 1. The second-order valence-electron chi connectivity index (χ2n) is 3.38. The van der Waals surface area contributed by atoms with Crippen LogP contribution >= 0.6 is 0 Å². The third kappa shape index (κ3) is 8.03. The van der Waals surface area contributed by atoms with Gasteiger partial charge in [-0.1, -0.05) is 0 Å². The standard InChI is InChI=1S/C9H18N4O4/c10-9(11)12-4-1-2-6(8(16)17)13-7(15)3-5-14/h6,14H,1-5H2,(H,13,15)(H,16,17)(H4,10,11,12)/t6-/m0/s1. The molecule has 0 bridgehead atoms. The normalized spacial score (nSPS) is 11.6. The van der Waals surface area contributed by atoms with Crippen molar-refractivity contribution in [1.29, 1.82) is 0 Å². The molecule has 0 fully saturated rings. The number of carbonyl (C=O) groups excluding carboxylic acids is 1. The Morgan fingerprint density at radius 2 is 2.00 bits per heavy atom. The van der Waals surface area contributed by atoms with Gasteiger partial charge in [-0.2, -0.15) is 0 Å². The van der Waals surface area contributed by atoms with Crippen molar-refractivity contribution >= 4 is 17.8 Å². The molecule has 17 heavy (non-hydrogen) atoms. The summed E-state index contributed by atoms with van der Waals surface area (Å²) in [5.41, 5.74) is 10.2. The largest absolute Gasteiger partial charge is 0.480 e. The summed E-state index contributed by atoms with van der Waals surface area (Å²) in [5, 5.41) is 19.6. The zero-order chi connectivity index (χ0) is 13.3. The fourth-order valence-electron chi connectivity index (χ4n) is 1.13. The second-order valence-corrected chi connectivity index (χ2v) is 3.38. The van der Waals surface area contributed by atoms with Crippen molar-refractivity contribution in [1.82, 2.24) is 5.32 Å². The Morgan fingerprint density at radius 1 is 1.35 bits per heavy atom. The summed E-state index contributed by atoms with van der Waals surface area (Å²) in [4.78, 5) is 25.6. The van der Waals surface area contributed by atoms with Gasteiger partial charge in [-0.05, 0) is 12.8 Å². The maximum absolute atomic E-state index is 11.1. The van der Waals surface area contributed by atoms with Gasteiger partial charge in [-0.25, -0.2) is 4.79 Å². The Bertz CT molecular complexity index is 289. The Hall–Kier alpha value is -1.83. The molecule has 0 aliphatic carbocycles. The van der Waals surface area contributed by atoms with Gasteiger partial charge in [0, 0.05) is 13.0 Å². The van der Waals surface area contributed by atoms with E-state index in [1.807, 2.05) is 0 Å². The fourth-order valence-corrected chi connectivity index (χ4v) is 1.13. The van der Waals surface area contributed by atoms with Crippen LogP contribution in [-0.2, 0) is 9.59 Å². The van der Waals surface area contributed by atoms with E-state index in [1.54, 1.807) is 0 Å². The van der Waals surface area contributed by atoms with E-state index in [9.17, 15) is 9.59 Å². The van der Waals surface area contributed by atoms with Crippen LogP contribution in [0.15, 0.2) is 4.99 Å². The van der Waals surface area contributed by atoms with Crippen LogP contribution in [0.3, 0.4) is 0 Å². The van der Waals surface area contributed by atoms with Crippen LogP contribution in [0, 0.1) is 0 Å². The number of aliphatic imine (C=N–C) groups is 1. The van der Waals surface area contributed by atoms with E-state index < -0.39 is 17.9 Å². The van der Waals surface area contributed by atoms with Crippen molar-refractivity contribution in [2.45, 2.75) is 25.3 Å². The van der Waals surface area contributed by atoms with E-state index in [1.165, 1.54) is 0 Å². The minimum absolute atomic E-state index is 0.0545. The summed E-state index contributed by atoms with van der Waals surface area (Å²) in [6.45, 7) is -0.00580. The molecule has 0 spiro atoms. The van der Waals surface area contributed by atoms with E-state index in [4.69, 9.17) is 21.7 Å². The van der Waals surface area contributed by atoms with Crippen LogP contribution in [0.25, 0.3) is 0 Å². The van der Waals surface area contributed by atoms with Crippen molar-refractivity contribution in [2.24, 2.45) is 16.5 Å². The van der Waals surface area contributed by atoms with Gasteiger partial charge >= 0.3 is 5.97 Å². The van der Waals surface area contributed by atoms with Gasteiger partial charge in [0.05, 0.1) is 6.61 Å². The number of aliphatic hydroxyl groups excluding tert-OH is 1. The van der Waals surface area contributed by atoms with Gasteiger partial charge in [0.2, 0.25) is 5.91 Å². The third-order valence-corrected chi connectivity index (χ3v) is 1.92. The minimum Gasteiger partial charge on any atom is -0.480 e. The average molecular weight is 246 g/mol. The van der Waals surface area contributed by atoms with Crippen molar-refractivity contribution in [3.05, 3.63) is 0 Å². The molecule has 0 saturated carbocycles. The molecule has 8 heteroatoms. The van der Waals surface area contributed by atoms with Crippen LogP contribution in [0.2, 0.25) is 0 Å². The van der Waals surface area contributed by atoms with Crippen molar-refractivity contribution in [2.75, 3.05) is 13.2 Å². The molecule has 1 amide bonds. The van der Waals surface area contributed by atoms with E-state index >= 15 is 0 Å². The van der Waals surface area contributed by atoms with E-state index in [0.29, 0.717) is 13.0 Å². The lowest BCUT2D eigenvalue weighted by atomic mass is 10.1. The number of carbonyl (C=O) groups is 2. The zero-order valence-corrected chi connectivity index (χ0v) is 9.43. The highest BCUT2D eigenvalue weighted by molar-refractivity contribution is 5.83. The molecule has 0 aromatic carbocycles. The quantitative estimate of drug-likeness (QED) is 0.190. The topological polar surface area (TPSA) is 151 Å². The van der Waals surface area contributed by atoms with Gasteiger partial charge in [0.15, 0.2) is 5.96 Å². The van der Waals surface area contributed by atoms with E-state index in [0.717, 1.165) is 0 Å². The van der Waals surface area contributed by atoms with Gasteiger partial charge in [0.1, 0.15) is 6.04 Å². The molecule has 1 atom stereocenters. The summed E-state index contributed by atoms with van der Waals surface area (Å²) in [6.07, 6.45) is 0.551. The highest BCUT2D eigenvalue weighted by Crippen LogP contribution is 1.99. The van der Waals surface area contributed by atoms with E-state index in [2.05, 4.69) is 10.3 Å². The van der Waals surface area contributed by atoms with Gasteiger partial charge in [-0.3, -0.25) is 9.79 Å². The van der Waals surface area contributed by atoms with Crippen LogP contribution in [0.4, 0.5) is 0 Å². The number of hydrogen-bond donors (Lipinski definition) is 5. The Balaban J connectivity index is 4.03. The summed E-state index contributed by atoms with van der Waals surface area (Å²) < 4.78 is 0. The van der Waals surface area contributed by atoms with Crippen LogP contribution in [0.1, 0.15) is 19.3 Å². The maximum atomic E-state index is 11.1. The molecule has 8 nitrogen and oxygen atoms in total. The molecule has 0 unspecified atom stereocenters. The second kappa shape index (κ2) is 8.34. The van der Waals surface area contributed by atoms with Crippen LogP contribution in [0.5, 0.6) is 0 Å². The molecule has 0 aromatic heterocycles. The number of nitrogens with two attached hydrogens (primary N) is 2. The van der Waals surface area contributed by atoms with Gasteiger partial charge < -0.3 is 27.0 Å². The molecule has 7 N–H and O–H groups in total. The average Bonchev–Trinajstić information content (AvgIpc) is 2.22. The lowest BCUT2D eigenvalue weighted by Gasteiger charge is -2.13. The maximum Gasteiger partial charge on any atom is 0.326 e. The first-order chi connectivity index (χ1) is 7.97. The number of aliphatic hydroxyl groups is 1. The molecule has 0 aliphatic rings. The molecule has 98 valence electrons. The SMILES string of the molecule is NC(N)=NCCC[C@H](NC(=O)CCO)C(=O)O. The molecular weight excluding hydrogens is 228 g/mol. The van der Waals surface area contributed by atoms with Crippen molar-refractivity contribution in [3.8, 4) is 0 Å². The molecule has 0 saturated heterocycles. The molecule has 0 aliphatic heterocycles. The number of hydrogen-bond acceptors (Lipinski definition) is 4. The van der Waals surface area contributed by atoms with Crippen molar-refractivity contribution < 1.29 is 19.8 Å². The number of aliphatic carboxylic acids is 1. The number of rotatable bonds is 8. The number of carboxylic acids is 1. The molecule has 0 radical (unpaired) electrons. The highest BCUT2D eigenvalue weighted by Gasteiger charge is 2.18. The monoisotopic (exact) mass is 246 g/mol. The van der Waals surface area contributed by atoms with E-state index in [-0.39, 0.29) is 25.4 Å². The molecule has 0 rings (SSSR count). The number of amides is 1. The number of carboxylic acid groups (broad SMARTS) is 1. The first-order valence-electron chi connectivity index (χ1n) is 5.15. The summed E-state index contributed by atoms with van der Waals surface area (Å²) in [6, 6.07) is -0.983. The Morgan fingerprint density at radius 3 is 2.47 bits per heavy atom. The van der Waals surface area contributed by atoms with Gasteiger partial charge in [0.25, 0.3) is 0 Å². The third-order valence-electron chi connectivity index (χ3n) is 1.92. The lowest BCUT2D eigenvalue weighted by Crippen LogP contribution is -2.41. The predicted molar refractivity (Wildman–Crippen MR) is 61.2 cm³/mol. The number of nitrogens with one attached hydrogen (secondary N) is 1. The Labute approximate surface area is 98.7 Å². The van der Waals surface area contributed by atoms with Crippen molar-refractivity contribution in [3.63, 3.8) is 0 Å². The zero-order valence-electron chi connectivity index (χ0n) is 9.43. The summed E-state index contributed by atoms with van der Waals surface area (Å²) in [5.74, 6) is -1.68. The summed E-state index contributed by atoms with van der Waals surface area (Å²) >= 11 is 0. The molecular formula is C9H18N4O4. The lowest BCUT2D eigenvalue weighted by molar-refractivity contribution is -0.142. The smallest absolute Gasteiger partial charge is 0.326 e. The fraction of sp³-hybridized carbons (Fsp3) is 0.667.